The van der Waals surface area contributed by atoms with Crippen molar-refractivity contribution in [2.45, 2.75) is 44.2 Å². The molecule has 1 aliphatic heterocycles. The van der Waals surface area contributed by atoms with Crippen molar-refractivity contribution in [1.82, 2.24) is 34.4 Å². The number of imidazole rings is 1. The first kappa shape index (κ1) is 21.4. The molecule has 2 N–H and O–H groups in total. The largest absolute Gasteiger partial charge is 0.379 e. The summed E-state index contributed by atoms with van der Waals surface area (Å²) in [5, 5.41) is 8.89. The van der Waals surface area contributed by atoms with E-state index in [-0.39, 0.29) is 5.69 Å². The van der Waals surface area contributed by atoms with Crippen LogP contribution in [0, 0.1) is 0 Å². The van der Waals surface area contributed by atoms with Gasteiger partial charge >= 0.3 is 0 Å². The van der Waals surface area contributed by atoms with Gasteiger partial charge in [-0.05, 0) is 37.8 Å². The number of ether oxygens (including phenoxy) is 1. The number of anilines is 1. The van der Waals surface area contributed by atoms with Crippen LogP contribution in [-0.4, -0.2) is 72.8 Å². The van der Waals surface area contributed by atoms with Crippen molar-refractivity contribution in [3.05, 3.63) is 36.5 Å². The number of fused-ring (bicyclic) bond motifs is 2. The fourth-order valence-corrected chi connectivity index (χ4v) is 5.18. The van der Waals surface area contributed by atoms with Gasteiger partial charge in [0.2, 0.25) is 0 Å². The molecular weight excluding hydrogens is 442 g/mol. The van der Waals surface area contributed by atoms with Crippen LogP contribution in [0.25, 0.3) is 27.9 Å². The number of rotatable bonds is 5. The number of nitrogens with zero attached hydrogens (tertiary/aromatic N) is 6. The summed E-state index contributed by atoms with van der Waals surface area (Å²) in [7, 11) is 0. The number of morpholine rings is 1. The van der Waals surface area contributed by atoms with Gasteiger partial charge in [-0.25, -0.2) is 28.2 Å². The van der Waals surface area contributed by atoms with Crippen molar-refractivity contribution >= 4 is 22.5 Å². The molecule has 4 aromatic heterocycles. The highest BCUT2D eigenvalue weighted by molar-refractivity contribution is 6.00. The minimum absolute atomic E-state index is 0.233. The zero-order chi connectivity index (χ0) is 23.1. The van der Waals surface area contributed by atoms with Crippen LogP contribution in [0.3, 0.4) is 0 Å². The van der Waals surface area contributed by atoms with E-state index in [0.717, 1.165) is 75.0 Å². The van der Waals surface area contributed by atoms with Gasteiger partial charge in [0.05, 0.1) is 30.5 Å². The second-order valence-corrected chi connectivity index (χ2v) is 8.92. The van der Waals surface area contributed by atoms with Crippen LogP contribution in [0.15, 0.2) is 30.9 Å². The molecule has 0 atom stereocenters. The molecule has 0 spiro atoms. The summed E-state index contributed by atoms with van der Waals surface area (Å²) in [4.78, 5) is 18.6. The van der Waals surface area contributed by atoms with Crippen molar-refractivity contribution in [2.24, 2.45) is 0 Å². The van der Waals surface area contributed by atoms with E-state index in [0.29, 0.717) is 29.1 Å². The van der Waals surface area contributed by atoms with E-state index in [1.54, 1.807) is 18.3 Å². The number of hydrogen-bond acceptors (Lipinski definition) is 7. The molecule has 6 rings (SSSR count). The van der Waals surface area contributed by atoms with Crippen LogP contribution in [0.1, 0.15) is 37.8 Å². The first-order valence-corrected chi connectivity index (χ1v) is 11.7. The highest BCUT2D eigenvalue weighted by Gasteiger charge is 2.28. The summed E-state index contributed by atoms with van der Waals surface area (Å²) < 4.78 is 33.5. The third-order valence-corrected chi connectivity index (χ3v) is 6.96. The highest BCUT2D eigenvalue weighted by Crippen LogP contribution is 2.33. The lowest BCUT2D eigenvalue weighted by atomic mass is 9.90. The molecule has 0 radical (unpaired) electrons. The van der Waals surface area contributed by atoms with Gasteiger partial charge in [-0.3, -0.25) is 4.90 Å². The number of hydrogen-bond donors (Lipinski definition) is 2. The molecule has 1 saturated heterocycles. The molecule has 0 amide bonds. The number of H-pyrrole nitrogens is 1. The van der Waals surface area contributed by atoms with Crippen LogP contribution in [0.4, 0.5) is 14.6 Å². The average Bonchev–Trinajstić information content (AvgIpc) is 3.50. The molecule has 34 heavy (non-hydrogen) atoms. The Morgan fingerprint density at radius 3 is 2.68 bits per heavy atom. The topological polar surface area (TPSA) is 96.3 Å². The molecule has 2 aliphatic rings. The molecule has 0 aromatic carbocycles. The maximum atomic E-state index is 13.4. The SMILES string of the molecule is FC(F)c1cnc2ccc(-c3c[nH]c4ncnc(NC5CCC(N6CCOCC6)CC5)c34)nn12. The van der Waals surface area contributed by atoms with E-state index in [9.17, 15) is 8.78 Å². The lowest BCUT2D eigenvalue weighted by Crippen LogP contribution is -2.46. The fourth-order valence-electron chi connectivity index (χ4n) is 5.18. The predicted octanol–water partition coefficient (Wildman–Crippen LogP) is 3.66. The lowest BCUT2D eigenvalue weighted by Gasteiger charge is -2.39. The smallest absolute Gasteiger partial charge is 0.282 e. The quantitative estimate of drug-likeness (QED) is 0.461. The second-order valence-electron chi connectivity index (χ2n) is 8.92. The van der Waals surface area contributed by atoms with E-state index in [4.69, 9.17) is 4.74 Å². The molecular formula is C23H26F2N8O. The molecule has 11 heteroatoms. The third-order valence-electron chi connectivity index (χ3n) is 6.96. The number of aromatic nitrogens is 6. The Kier molecular flexibility index (Phi) is 5.58. The maximum absolute atomic E-state index is 13.4. The zero-order valence-electron chi connectivity index (χ0n) is 18.6. The Hall–Kier alpha value is -3.18. The summed E-state index contributed by atoms with van der Waals surface area (Å²) in [5.41, 5.74) is 2.13. The summed E-state index contributed by atoms with van der Waals surface area (Å²) in [6, 6.07) is 4.40. The van der Waals surface area contributed by atoms with Gasteiger partial charge in [0, 0.05) is 36.9 Å². The van der Waals surface area contributed by atoms with Crippen molar-refractivity contribution < 1.29 is 13.5 Å². The van der Waals surface area contributed by atoms with E-state index in [1.165, 1.54) is 10.8 Å². The summed E-state index contributed by atoms with van der Waals surface area (Å²) >= 11 is 0. The van der Waals surface area contributed by atoms with Crippen LogP contribution in [0.5, 0.6) is 0 Å². The molecule has 0 unspecified atom stereocenters. The highest BCUT2D eigenvalue weighted by atomic mass is 19.3. The van der Waals surface area contributed by atoms with E-state index in [2.05, 4.69) is 35.3 Å². The monoisotopic (exact) mass is 468 g/mol. The standard InChI is InChI=1S/C23H26F2N8O/c24-21(25)18-12-26-19-6-5-17(31-33(18)19)16-11-27-22-20(16)23(29-13-28-22)30-14-1-3-15(4-2-14)32-7-9-34-10-8-32/h5-6,11-15,21H,1-4,7-10H2,(H2,27,28,29,30). The lowest BCUT2D eigenvalue weighted by molar-refractivity contribution is 0.00791. The molecule has 0 bridgehead atoms. The molecule has 9 nitrogen and oxygen atoms in total. The Morgan fingerprint density at radius 1 is 1.06 bits per heavy atom. The van der Waals surface area contributed by atoms with Gasteiger partial charge in [0.25, 0.3) is 6.43 Å². The summed E-state index contributed by atoms with van der Waals surface area (Å²) in [6.45, 7) is 3.68. The zero-order valence-corrected chi connectivity index (χ0v) is 18.6. The van der Waals surface area contributed by atoms with Crippen LogP contribution >= 0.6 is 0 Å². The molecule has 4 aromatic rings. The van der Waals surface area contributed by atoms with Crippen LogP contribution < -0.4 is 5.32 Å². The Balaban J connectivity index is 1.26. The van der Waals surface area contributed by atoms with Gasteiger partial charge in [-0.1, -0.05) is 0 Å². The second kappa shape index (κ2) is 8.88. The van der Waals surface area contributed by atoms with Gasteiger partial charge in [0.1, 0.15) is 23.5 Å². The summed E-state index contributed by atoms with van der Waals surface area (Å²) in [5.74, 6) is 0.734. The summed E-state index contributed by atoms with van der Waals surface area (Å²) in [6.07, 6.45) is 6.24. The molecule has 5 heterocycles. The van der Waals surface area contributed by atoms with Gasteiger partial charge < -0.3 is 15.0 Å². The number of aromatic amines is 1. The van der Waals surface area contributed by atoms with Crippen LogP contribution in [0.2, 0.25) is 0 Å². The molecule has 1 saturated carbocycles. The van der Waals surface area contributed by atoms with E-state index >= 15 is 0 Å². The van der Waals surface area contributed by atoms with Gasteiger partial charge in [-0.2, -0.15) is 5.10 Å². The first-order chi connectivity index (χ1) is 16.7. The van der Waals surface area contributed by atoms with Gasteiger partial charge in [-0.15, -0.1) is 0 Å². The van der Waals surface area contributed by atoms with Crippen molar-refractivity contribution in [3.63, 3.8) is 0 Å². The fraction of sp³-hybridized carbons (Fsp3) is 0.478. The minimum atomic E-state index is -2.66. The molecule has 2 fully saturated rings. The van der Waals surface area contributed by atoms with E-state index < -0.39 is 6.43 Å². The van der Waals surface area contributed by atoms with E-state index in [1.807, 2.05) is 0 Å². The first-order valence-electron chi connectivity index (χ1n) is 11.7. The molecule has 178 valence electrons. The Bertz CT molecular complexity index is 1290. The maximum Gasteiger partial charge on any atom is 0.282 e. The predicted molar refractivity (Wildman–Crippen MR) is 123 cm³/mol. The molecule has 1 aliphatic carbocycles. The number of halogens is 2. The average molecular weight is 469 g/mol. The Labute approximate surface area is 194 Å². The van der Waals surface area contributed by atoms with Gasteiger partial charge in [0.15, 0.2) is 5.65 Å². The normalized spacial score (nSPS) is 22.1. The number of nitrogens with one attached hydrogen (secondary N) is 2. The van der Waals surface area contributed by atoms with Crippen molar-refractivity contribution in [2.75, 3.05) is 31.6 Å². The minimum Gasteiger partial charge on any atom is -0.379 e. The van der Waals surface area contributed by atoms with Crippen LogP contribution in [-0.2, 0) is 4.74 Å². The number of alkyl halides is 2. The van der Waals surface area contributed by atoms with Crippen molar-refractivity contribution in [3.8, 4) is 11.3 Å². The third kappa shape index (κ3) is 3.88. The van der Waals surface area contributed by atoms with Crippen molar-refractivity contribution in [1.29, 1.82) is 0 Å². The Morgan fingerprint density at radius 2 is 1.88 bits per heavy atom.